The fourth-order valence-electron chi connectivity index (χ4n) is 2.55. The van der Waals surface area contributed by atoms with Gasteiger partial charge in [0.05, 0.1) is 6.10 Å². The molecule has 0 fully saturated rings. The number of hydrogen-bond donors (Lipinski definition) is 3. The summed E-state index contributed by atoms with van der Waals surface area (Å²) in [4.78, 5) is 36.3. The standard InChI is InChI=1S/C23H29N3O4/c1-4-6-10-21(27)24-19-13-11-17(12-14-19)22(28)25-26-23(29)18-8-7-9-20(15-18)30-16(3)5-2/h7-9,11-16H,4-6,10H2,1-3H3,(H,24,27)(H,25,28)(H,26,29). The Balaban J connectivity index is 1.88. The first-order valence-corrected chi connectivity index (χ1v) is 10.2. The van der Waals surface area contributed by atoms with E-state index in [1.807, 2.05) is 20.8 Å². The highest BCUT2D eigenvalue weighted by Gasteiger charge is 2.11. The molecule has 0 saturated heterocycles. The van der Waals surface area contributed by atoms with Gasteiger partial charge in [-0.05, 0) is 62.2 Å². The van der Waals surface area contributed by atoms with Gasteiger partial charge in [-0.1, -0.05) is 26.3 Å². The highest BCUT2D eigenvalue weighted by Crippen LogP contribution is 2.16. The Morgan fingerprint density at radius 3 is 2.23 bits per heavy atom. The number of unbranched alkanes of at least 4 members (excludes halogenated alkanes) is 1. The van der Waals surface area contributed by atoms with Gasteiger partial charge in [0.25, 0.3) is 11.8 Å². The van der Waals surface area contributed by atoms with E-state index in [1.165, 1.54) is 0 Å². The van der Waals surface area contributed by atoms with Crippen molar-refractivity contribution in [2.45, 2.75) is 52.6 Å². The second-order valence-electron chi connectivity index (χ2n) is 7.00. The average molecular weight is 412 g/mol. The summed E-state index contributed by atoms with van der Waals surface area (Å²) in [5.74, 6) is -0.363. The summed E-state index contributed by atoms with van der Waals surface area (Å²) < 4.78 is 5.71. The number of rotatable bonds is 9. The minimum absolute atomic E-state index is 0.0439. The van der Waals surface area contributed by atoms with Crippen LogP contribution in [0.5, 0.6) is 5.75 Å². The van der Waals surface area contributed by atoms with Gasteiger partial charge >= 0.3 is 0 Å². The Kier molecular flexibility index (Phi) is 8.87. The van der Waals surface area contributed by atoms with Crippen LogP contribution in [-0.4, -0.2) is 23.8 Å². The largest absolute Gasteiger partial charge is 0.491 e. The third-order valence-corrected chi connectivity index (χ3v) is 4.49. The van der Waals surface area contributed by atoms with Crippen LogP contribution in [0.25, 0.3) is 0 Å². The van der Waals surface area contributed by atoms with Crippen LogP contribution >= 0.6 is 0 Å². The van der Waals surface area contributed by atoms with E-state index < -0.39 is 11.8 Å². The van der Waals surface area contributed by atoms with Crippen molar-refractivity contribution >= 4 is 23.4 Å². The zero-order valence-electron chi connectivity index (χ0n) is 17.7. The van der Waals surface area contributed by atoms with E-state index in [2.05, 4.69) is 16.2 Å². The monoisotopic (exact) mass is 411 g/mol. The normalized spacial score (nSPS) is 11.3. The Bertz CT molecular complexity index is 865. The lowest BCUT2D eigenvalue weighted by Gasteiger charge is -2.13. The molecule has 2 aromatic rings. The predicted molar refractivity (Wildman–Crippen MR) is 116 cm³/mol. The van der Waals surface area contributed by atoms with Crippen molar-refractivity contribution in [2.24, 2.45) is 0 Å². The quantitative estimate of drug-likeness (QED) is 0.542. The van der Waals surface area contributed by atoms with Crippen molar-refractivity contribution in [3.63, 3.8) is 0 Å². The predicted octanol–water partition coefficient (Wildman–Crippen LogP) is 4.07. The van der Waals surface area contributed by atoms with Crippen LogP contribution in [0.2, 0.25) is 0 Å². The van der Waals surface area contributed by atoms with E-state index in [9.17, 15) is 14.4 Å². The molecule has 0 aliphatic rings. The van der Waals surface area contributed by atoms with Crippen LogP contribution in [0.4, 0.5) is 5.69 Å². The van der Waals surface area contributed by atoms with Crippen LogP contribution in [-0.2, 0) is 4.79 Å². The molecule has 0 spiro atoms. The zero-order valence-corrected chi connectivity index (χ0v) is 17.7. The Morgan fingerprint density at radius 1 is 0.933 bits per heavy atom. The van der Waals surface area contributed by atoms with Gasteiger partial charge in [-0.25, -0.2) is 0 Å². The van der Waals surface area contributed by atoms with Gasteiger partial charge < -0.3 is 10.1 Å². The second kappa shape index (κ2) is 11.6. The van der Waals surface area contributed by atoms with E-state index >= 15 is 0 Å². The lowest BCUT2D eigenvalue weighted by molar-refractivity contribution is -0.116. The zero-order chi connectivity index (χ0) is 21.9. The molecule has 2 rings (SSSR count). The second-order valence-corrected chi connectivity index (χ2v) is 7.00. The number of amides is 3. The maximum absolute atomic E-state index is 12.3. The van der Waals surface area contributed by atoms with Crippen molar-refractivity contribution in [2.75, 3.05) is 5.32 Å². The summed E-state index contributed by atoms with van der Waals surface area (Å²) in [6.45, 7) is 6.00. The number of carbonyl (C=O) groups is 3. The van der Waals surface area contributed by atoms with E-state index in [0.717, 1.165) is 19.3 Å². The molecule has 0 aromatic heterocycles. The summed E-state index contributed by atoms with van der Waals surface area (Å²) in [5.41, 5.74) is 6.14. The molecule has 0 bridgehead atoms. The number of benzene rings is 2. The van der Waals surface area contributed by atoms with E-state index in [-0.39, 0.29) is 12.0 Å². The molecule has 1 unspecified atom stereocenters. The first-order valence-electron chi connectivity index (χ1n) is 10.2. The third kappa shape index (κ3) is 7.24. The summed E-state index contributed by atoms with van der Waals surface area (Å²) >= 11 is 0. The molecule has 0 heterocycles. The fourth-order valence-corrected chi connectivity index (χ4v) is 2.55. The molecule has 7 nitrogen and oxygen atoms in total. The molecule has 0 saturated carbocycles. The lowest BCUT2D eigenvalue weighted by Crippen LogP contribution is -2.41. The molecular weight excluding hydrogens is 382 g/mol. The van der Waals surface area contributed by atoms with Crippen molar-refractivity contribution in [3.05, 3.63) is 59.7 Å². The Labute approximate surface area is 177 Å². The SMILES string of the molecule is CCCCC(=O)Nc1ccc(C(=O)NNC(=O)c2cccc(OC(C)CC)c2)cc1. The van der Waals surface area contributed by atoms with Gasteiger partial charge in [0.1, 0.15) is 5.75 Å². The smallest absolute Gasteiger partial charge is 0.269 e. The molecule has 3 N–H and O–H groups in total. The number of anilines is 1. The molecule has 1 atom stereocenters. The molecule has 30 heavy (non-hydrogen) atoms. The molecule has 0 aliphatic heterocycles. The van der Waals surface area contributed by atoms with E-state index in [0.29, 0.717) is 29.0 Å². The Hall–Kier alpha value is -3.35. The van der Waals surface area contributed by atoms with Crippen LogP contribution < -0.4 is 20.9 Å². The molecule has 7 heteroatoms. The molecule has 3 amide bonds. The highest BCUT2D eigenvalue weighted by atomic mass is 16.5. The molecule has 0 aliphatic carbocycles. The number of carbonyl (C=O) groups excluding carboxylic acids is 3. The summed E-state index contributed by atoms with van der Waals surface area (Å²) in [6.07, 6.45) is 3.15. The summed E-state index contributed by atoms with van der Waals surface area (Å²) in [7, 11) is 0. The fraction of sp³-hybridized carbons (Fsp3) is 0.348. The van der Waals surface area contributed by atoms with Gasteiger partial charge in [-0.3, -0.25) is 25.2 Å². The van der Waals surface area contributed by atoms with Gasteiger partial charge in [-0.15, -0.1) is 0 Å². The number of nitrogens with one attached hydrogen (secondary N) is 3. The Morgan fingerprint density at radius 2 is 1.60 bits per heavy atom. The van der Waals surface area contributed by atoms with Gasteiger partial charge in [0.15, 0.2) is 0 Å². The van der Waals surface area contributed by atoms with Crippen LogP contribution in [0, 0.1) is 0 Å². The minimum Gasteiger partial charge on any atom is -0.491 e. The highest BCUT2D eigenvalue weighted by molar-refractivity contribution is 5.99. The van der Waals surface area contributed by atoms with Crippen LogP contribution in [0.1, 0.15) is 67.2 Å². The van der Waals surface area contributed by atoms with Crippen LogP contribution in [0.15, 0.2) is 48.5 Å². The first kappa shape index (κ1) is 22.9. The molecular formula is C23H29N3O4. The molecule has 2 aromatic carbocycles. The maximum atomic E-state index is 12.3. The maximum Gasteiger partial charge on any atom is 0.269 e. The third-order valence-electron chi connectivity index (χ3n) is 4.49. The van der Waals surface area contributed by atoms with E-state index in [1.54, 1.807) is 48.5 Å². The number of hydrazine groups is 1. The summed E-state index contributed by atoms with van der Waals surface area (Å²) in [5, 5.41) is 2.79. The van der Waals surface area contributed by atoms with Crippen molar-refractivity contribution < 1.29 is 19.1 Å². The van der Waals surface area contributed by atoms with Gasteiger partial charge in [0, 0.05) is 23.2 Å². The topological polar surface area (TPSA) is 96.5 Å². The summed E-state index contributed by atoms with van der Waals surface area (Å²) in [6, 6.07) is 13.2. The minimum atomic E-state index is -0.459. The first-order chi connectivity index (χ1) is 14.4. The molecule has 0 radical (unpaired) electrons. The van der Waals surface area contributed by atoms with Gasteiger partial charge in [-0.2, -0.15) is 0 Å². The number of hydrogen-bond acceptors (Lipinski definition) is 4. The van der Waals surface area contributed by atoms with Crippen LogP contribution in [0.3, 0.4) is 0 Å². The number of ether oxygens (including phenoxy) is 1. The van der Waals surface area contributed by atoms with Crippen molar-refractivity contribution in [3.8, 4) is 5.75 Å². The molecule has 160 valence electrons. The van der Waals surface area contributed by atoms with Crippen molar-refractivity contribution in [1.82, 2.24) is 10.9 Å². The lowest BCUT2D eigenvalue weighted by atomic mass is 10.2. The van der Waals surface area contributed by atoms with E-state index in [4.69, 9.17) is 4.74 Å². The van der Waals surface area contributed by atoms with Gasteiger partial charge in [0.2, 0.25) is 5.91 Å². The van der Waals surface area contributed by atoms with Crippen molar-refractivity contribution in [1.29, 1.82) is 0 Å². The average Bonchev–Trinajstić information content (AvgIpc) is 2.76.